The Balaban J connectivity index is 1.19. The van der Waals surface area contributed by atoms with E-state index in [4.69, 9.17) is 0 Å². The summed E-state index contributed by atoms with van der Waals surface area (Å²) in [6.45, 7) is 2.21. The molecule has 0 saturated heterocycles. The maximum absolute atomic E-state index is 12.7. The zero-order valence-electron chi connectivity index (χ0n) is 19.4. The number of rotatable bonds is 7. The number of aromatic amines is 1. The van der Waals surface area contributed by atoms with Crippen molar-refractivity contribution < 1.29 is 4.79 Å². The number of fused-ring (bicyclic) bond motifs is 1. The molecule has 1 saturated carbocycles. The van der Waals surface area contributed by atoms with Gasteiger partial charge in [0.2, 0.25) is 0 Å². The number of benzene rings is 1. The number of nitrogens with zero attached hydrogens (tertiary/aromatic N) is 4. The first-order valence-electron chi connectivity index (χ1n) is 11.7. The van der Waals surface area contributed by atoms with Crippen LogP contribution in [0.4, 0.5) is 0 Å². The van der Waals surface area contributed by atoms with Gasteiger partial charge in [-0.3, -0.25) is 19.3 Å². The topological polar surface area (TPSA) is 106 Å². The monoisotopic (exact) mass is 456 g/mol. The lowest BCUT2D eigenvalue weighted by Gasteiger charge is -2.48. The summed E-state index contributed by atoms with van der Waals surface area (Å²) in [7, 11) is 1.86. The van der Waals surface area contributed by atoms with E-state index < -0.39 is 0 Å². The minimum atomic E-state index is -0.154. The van der Waals surface area contributed by atoms with Crippen molar-refractivity contribution in [1.29, 1.82) is 0 Å². The van der Waals surface area contributed by atoms with Gasteiger partial charge in [0.1, 0.15) is 0 Å². The van der Waals surface area contributed by atoms with Crippen LogP contribution in [-0.4, -0.2) is 36.9 Å². The highest BCUT2D eigenvalue weighted by atomic mass is 16.1. The van der Waals surface area contributed by atoms with Gasteiger partial charge in [-0.25, -0.2) is 5.10 Å². The van der Waals surface area contributed by atoms with E-state index in [9.17, 15) is 9.59 Å². The molecule has 8 heteroatoms. The number of hydrogen-bond donors (Lipinski definition) is 2. The van der Waals surface area contributed by atoms with Crippen LogP contribution in [0.25, 0.3) is 22.0 Å². The van der Waals surface area contributed by atoms with Gasteiger partial charge in [0, 0.05) is 36.4 Å². The van der Waals surface area contributed by atoms with Crippen LogP contribution in [0.1, 0.15) is 48.7 Å². The Labute approximate surface area is 197 Å². The number of hydrogen-bond acceptors (Lipinski definition) is 5. The van der Waals surface area contributed by atoms with Crippen LogP contribution >= 0.6 is 0 Å². The normalized spacial score (nSPS) is 19.6. The predicted molar refractivity (Wildman–Crippen MR) is 130 cm³/mol. The molecule has 2 N–H and O–H groups in total. The molecule has 174 valence electrons. The molecule has 1 fully saturated rings. The first-order chi connectivity index (χ1) is 16.5. The summed E-state index contributed by atoms with van der Waals surface area (Å²) in [6.07, 6.45) is 9.97. The van der Waals surface area contributed by atoms with Crippen LogP contribution in [0, 0.1) is 5.41 Å². The van der Waals surface area contributed by atoms with Crippen molar-refractivity contribution in [3.8, 4) is 11.3 Å². The minimum absolute atomic E-state index is 0.0896. The summed E-state index contributed by atoms with van der Waals surface area (Å²) in [5.41, 5.74) is 3.23. The quantitative estimate of drug-likeness (QED) is 0.442. The first kappa shape index (κ1) is 22.0. The summed E-state index contributed by atoms with van der Waals surface area (Å²) in [6, 6.07) is 11.4. The molecule has 8 nitrogen and oxygen atoms in total. The lowest BCUT2D eigenvalue weighted by atomic mass is 9.61. The van der Waals surface area contributed by atoms with E-state index in [-0.39, 0.29) is 22.9 Å². The molecule has 0 bridgehead atoms. The van der Waals surface area contributed by atoms with Crippen LogP contribution in [0.5, 0.6) is 0 Å². The highest BCUT2D eigenvalue weighted by Gasteiger charge is 2.43. The number of carbonyl (C=O) groups excluding carboxylic acids is 1. The molecule has 0 aliphatic heterocycles. The van der Waals surface area contributed by atoms with E-state index in [1.54, 1.807) is 17.1 Å². The Bertz CT molecular complexity index is 1380. The fourth-order valence-electron chi connectivity index (χ4n) is 5.02. The third-order valence-corrected chi connectivity index (χ3v) is 7.14. The standard InChI is InChI=1S/C26H28N6O2/c1-3-26(11-10-23-20-6-4-5-7-21(20)25(34)31-30-23)12-19(13-26)29-24(33)17-8-9-22(27-14-17)18-15-28-32(2)16-18/h4-9,14-16,19H,3,10-13H2,1-2H3,(H,29,33)(H,31,34). The van der Waals surface area contributed by atoms with Crippen molar-refractivity contribution in [2.24, 2.45) is 12.5 Å². The summed E-state index contributed by atoms with van der Waals surface area (Å²) in [5, 5.41) is 15.9. The molecule has 0 unspecified atom stereocenters. The van der Waals surface area contributed by atoms with Crippen molar-refractivity contribution in [3.63, 3.8) is 0 Å². The molecule has 5 rings (SSSR count). The molecule has 1 amide bonds. The van der Waals surface area contributed by atoms with Gasteiger partial charge in [-0.2, -0.15) is 10.2 Å². The fraction of sp³-hybridized carbons (Fsp3) is 0.346. The summed E-state index contributed by atoms with van der Waals surface area (Å²) >= 11 is 0. The molecule has 0 atom stereocenters. The zero-order valence-corrected chi connectivity index (χ0v) is 19.4. The van der Waals surface area contributed by atoms with Gasteiger partial charge in [0.15, 0.2) is 0 Å². The Morgan fingerprint density at radius 1 is 1.18 bits per heavy atom. The smallest absolute Gasteiger partial charge is 0.272 e. The Morgan fingerprint density at radius 3 is 2.65 bits per heavy atom. The van der Waals surface area contributed by atoms with Crippen LogP contribution in [0.3, 0.4) is 0 Å². The number of nitrogens with one attached hydrogen (secondary N) is 2. The Morgan fingerprint density at radius 2 is 1.97 bits per heavy atom. The summed E-state index contributed by atoms with van der Waals surface area (Å²) < 4.78 is 1.73. The van der Waals surface area contributed by atoms with Gasteiger partial charge in [-0.15, -0.1) is 0 Å². The van der Waals surface area contributed by atoms with Crippen molar-refractivity contribution in [1.82, 2.24) is 30.3 Å². The summed E-state index contributed by atoms with van der Waals surface area (Å²) in [4.78, 5) is 29.2. The molecule has 1 aliphatic carbocycles. The van der Waals surface area contributed by atoms with Gasteiger partial charge in [-0.1, -0.05) is 31.5 Å². The average Bonchev–Trinajstić information content (AvgIpc) is 3.28. The number of pyridine rings is 1. The largest absolute Gasteiger partial charge is 0.349 e. The molecule has 0 radical (unpaired) electrons. The van der Waals surface area contributed by atoms with E-state index in [2.05, 4.69) is 32.5 Å². The molecule has 1 aromatic carbocycles. The minimum Gasteiger partial charge on any atom is -0.349 e. The van der Waals surface area contributed by atoms with Crippen molar-refractivity contribution in [3.05, 3.63) is 76.6 Å². The van der Waals surface area contributed by atoms with Gasteiger partial charge >= 0.3 is 0 Å². The van der Waals surface area contributed by atoms with Gasteiger partial charge in [0.05, 0.1) is 28.5 Å². The second kappa shape index (κ2) is 8.85. The lowest BCUT2D eigenvalue weighted by Crippen LogP contribution is -2.50. The van der Waals surface area contributed by atoms with E-state index in [1.807, 2.05) is 49.6 Å². The van der Waals surface area contributed by atoms with E-state index in [1.165, 1.54) is 0 Å². The van der Waals surface area contributed by atoms with Crippen LogP contribution in [0.2, 0.25) is 0 Å². The maximum atomic E-state index is 12.7. The highest BCUT2D eigenvalue weighted by Crippen LogP contribution is 2.47. The van der Waals surface area contributed by atoms with Crippen molar-refractivity contribution in [2.45, 2.75) is 45.1 Å². The van der Waals surface area contributed by atoms with Gasteiger partial charge < -0.3 is 5.32 Å². The molecular weight excluding hydrogens is 428 g/mol. The number of aromatic nitrogens is 5. The Hall–Kier alpha value is -3.81. The number of amides is 1. The van der Waals surface area contributed by atoms with E-state index >= 15 is 0 Å². The number of H-pyrrole nitrogens is 1. The van der Waals surface area contributed by atoms with Crippen molar-refractivity contribution >= 4 is 16.7 Å². The molecular formula is C26H28N6O2. The molecule has 0 spiro atoms. The van der Waals surface area contributed by atoms with Crippen LogP contribution in [0.15, 0.2) is 59.8 Å². The van der Waals surface area contributed by atoms with Crippen LogP contribution < -0.4 is 10.9 Å². The predicted octanol–water partition coefficient (Wildman–Crippen LogP) is 3.64. The number of aryl methyl sites for hydroxylation is 2. The second-order valence-corrected chi connectivity index (χ2v) is 9.31. The molecule has 4 aromatic rings. The Kier molecular flexibility index (Phi) is 5.73. The third kappa shape index (κ3) is 4.23. The second-order valence-electron chi connectivity index (χ2n) is 9.31. The first-order valence-corrected chi connectivity index (χ1v) is 11.7. The zero-order chi connectivity index (χ0) is 23.7. The van der Waals surface area contributed by atoms with Gasteiger partial charge in [-0.05, 0) is 49.3 Å². The highest BCUT2D eigenvalue weighted by molar-refractivity contribution is 5.94. The SMILES string of the molecule is CCC1(CCc2n[nH]c(=O)c3ccccc23)CC(NC(=O)c2ccc(-c3cnn(C)c3)nc2)C1. The van der Waals surface area contributed by atoms with Crippen molar-refractivity contribution in [2.75, 3.05) is 0 Å². The lowest BCUT2D eigenvalue weighted by molar-refractivity contribution is 0.0571. The third-order valence-electron chi connectivity index (χ3n) is 7.14. The molecule has 1 aliphatic rings. The van der Waals surface area contributed by atoms with Crippen LogP contribution in [-0.2, 0) is 13.5 Å². The number of carbonyl (C=O) groups is 1. The molecule has 3 heterocycles. The van der Waals surface area contributed by atoms with Gasteiger partial charge in [0.25, 0.3) is 11.5 Å². The van der Waals surface area contributed by atoms with E-state index in [0.717, 1.165) is 54.4 Å². The van der Waals surface area contributed by atoms with E-state index in [0.29, 0.717) is 10.9 Å². The fourth-order valence-corrected chi connectivity index (χ4v) is 5.02. The summed E-state index contributed by atoms with van der Waals surface area (Å²) in [5.74, 6) is -0.0896. The maximum Gasteiger partial charge on any atom is 0.272 e. The molecule has 3 aromatic heterocycles. The molecule has 34 heavy (non-hydrogen) atoms. The average molecular weight is 457 g/mol.